The normalized spacial score (nSPS) is 10.7. The van der Waals surface area contributed by atoms with Crippen molar-refractivity contribution in [3.63, 3.8) is 0 Å². The molecule has 0 saturated heterocycles. The van der Waals surface area contributed by atoms with Crippen LogP contribution >= 0.6 is 22.6 Å². The third kappa shape index (κ3) is 2.88. The van der Waals surface area contributed by atoms with Crippen LogP contribution in [0.4, 0.5) is 0 Å². The molecule has 0 fully saturated rings. The lowest BCUT2D eigenvalue weighted by molar-refractivity contribution is 0.0992. The van der Waals surface area contributed by atoms with E-state index >= 15 is 0 Å². The molecule has 2 nitrogen and oxygen atoms in total. The lowest BCUT2D eigenvalue weighted by atomic mass is 10.1. The molecule has 0 aliphatic rings. The van der Waals surface area contributed by atoms with Crippen molar-refractivity contribution >= 4 is 39.3 Å². The summed E-state index contributed by atoms with van der Waals surface area (Å²) in [7, 11) is 0. The third-order valence-electron chi connectivity index (χ3n) is 3.14. The van der Waals surface area contributed by atoms with Gasteiger partial charge in [-0.2, -0.15) is 0 Å². The Morgan fingerprint density at radius 1 is 1.00 bits per heavy atom. The highest BCUT2D eigenvalue weighted by Crippen LogP contribution is 2.14. The zero-order valence-electron chi connectivity index (χ0n) is 10.7. The van der Waals surface area contributed by atoms with E-state index < -0.39 is 0 Å². The quantitative estimate of drug-likeness (QED) is 0.507. The fourth-order valence-corrected chi connectivity index (χ4v) is 2.68. The predicted molar refractivity (Wildman–Crippen MR) is 88.9 cm³/mol. The fraction of sp³-hybridized carbons (Fsp3) is 0.0588. The molecule has 20 heavy (non-hydrogen) atoms. The molecule has 0 aliphatic heterocycles. The van der Waals surface area contributed by atoms with Gasteiger partial charge in [-0.3, -0.25) is 9.78 Å². The highest BCUT2D eigenvalue weighted by atomic mass is 127. The van der Waals surface area contributed by atoms with Crippen LogP contribution < -0.4 is 0 Å². The number of benzene rings is 2. The van der Waals surface area contributed by atoms with Crippen LogP contribution in [0.15, 0.2) is 60.7 Å². The molecule has 0 amide bonds. The topological polar surface area (TPSA) is 30.0 Å². The first-order valence-corrected chi connectivity index (χ1v) is 7.44. The van der Waals surface area contributed by atoms with Crippen molar-refractivity contribution in [3.8, 4) is 0 Å². The van der Waals surface area contributed by atoms with Gasteiger partial charge in [0.1, 0.15) is 0 Å². The Hall–Kier alpha value is -1.75. The molecule has 3 rings (SSSR count). The van der Waals surface area contributed by atoms with E-state index in [0.717, 1.165) is 25.7 Å². The molecule has 1 heterocycles. The van der Waals surface area contributed by atoms with Crippen LogP contribution in [0.3, 0.4) is 0 Å². The molecule has 3 heteroatoms. The summed E-state index contributed by atoms with van der Waals surface area (Å²) in [4.78, 5) is 16.8. The number of para-hydroxylation sites is 1. The minimum absolute atomic E-state index is 0.103. The zero-order chi connectivity index (χ0) is 13.9. The largest absolute Gasteiger partial charge is 0.294 e. The molecular formula is C17H12INO. The third-order valence-corrected chi connectivity index (χ3v) is 3.82. The second kappa shape index (κ2) is 5.71. The summed E-state index contributed by atoms with van der Waals surface area (Å²) in [5.41, 5.74) is 2.49. The van der Waals surface area contributed by atoms with Crippen molar-refractivity contribution in [1.29, 1.82) is 0 Å². The van der Waals surface area contributed by atoms with Crippen molar-refractivity contribution in [3.05, 3.63) is 75.5 Å². The zero-order valence-corrected chi connectivity index (χ0v) is 12.9. The van der Waals surface area contributed by atoms with Crippen molar-refractivity contribution in [2.24, 2.45) is 0 Å². The number of pyridine rings is 1. The van der Waals surface area contributed by atoms with Crippen LogP contribution in [-0.4, -0.2) is 10.8 Å². The van der Waals surface area contributed by atoms with E-state index in [-0.39, 0.29) is 5.78 Å². The number of hydrogen-bond donors (Lipinski definition) is 0. The van der Waals surface area contributed by atoms with Crippen LogP contribution in [0.5, 0.6) is 0 Å². The van der Waals surface area contributed by atoms with E-state index in [1.165, 1.54) is 0 Å². The smallest absolute Gasteiger partial charge is 0.168 e. The highest BCUT2D eigenvalue weighted by Gasteiger charge is 2.08. The van der Waals surface area contributed by atoms with Gasteiger partial charge in [0.25, 0.3) is 0 Å². The Labute approximate surface area is 131 Å². The summed E-state index contributed by atoms with van der Waals surface area (Å²) in [6.07, 6.45) is 0.338. The summed E-state index contributed by atoms with van der Waals surface area (Å²) < 4.78 is 1.07. The van der Waals surface area contributed by atoms with Crippen LogP contribution in [0.25, 0.3) is 10.9 Å². The van der Waals surface area contributed by atoms with E-state index in [2.05, 4.69) is 27.6 Å². The molecule has 0 bridgehead atoms. The summed E-state index contributed by atoms with van der Waals surface area (Å²) >= 11 is 2.21. The Bertz CT molecular complexity index is 783. The van der Waals surface area contributed by atoms with Crippen LogP contribution in [0.1, 0.15) is 16.1 Å². The van der Waals surface area contributed by atoms with Gasteiger partial charge in [0, 0.05) is 20.2 Å². The average molecular weight is 373 g/mol. The molecule has 0 unspecified atom stereocenters. The van der Waals surface area contributed by atoms with Crippen molar-refractivity contribution < 1.29 is 4.79 Å². The maximum absolute atomic E-state index is 12.3. The summed E-state index contributed by atoms with van der Waals surface area (Å²) in [5.74, 6) is 0.103. The van der Waals surface area contributed by atoms with Crippen LogP contribution in [-0.2, 0) is 6.42 Å². The summed E-state index contributed by atoms with van der Waals surface area (Å²) in [6.45, 7) is 0. The van der Waals surface area contributed by atoms with Crippen molar-refractivity contribution in [1.82, 2.24) is 4.98 Å². The summed E-state index contributed by atoms with van der Waals surface area (Å²) in [5, 5.41) is 1.10. The SMILES string of the molecule is O=C(Cc1ccc2ccccc2n1)c1cccc(I)c1. The number of aromatic nitrogens is 1. The average Bonchev–Trinajstić information content (AvgIpc) is 2.47. The molecule has 0 saturated carbocycles. The standard InChI is InChI=1S/C17H12INO/c18-14-6-3-5-13(10-14)17(20)11-15-9-8-12-4-1-2-7-16(12)19-15/h1-10H,11H2. The minimum atomic E-state index is 0.103. The molecule has 3 aromatic rings. The molecule has 1 aromatic heterocycles. The van der Waals surface area contributed by atoms with Crippen LogP contribution in [0, 0.1) is 3.57 Å². The Kier molecular flexibility index (Phi) is 3.78. The lowest BCUT2D eigenvalue weighted by Crippen LogP contribution is -2.05. The second-order valence-electron chi connectivity index (χ2n) is 4.61. The first-order chi connectivity index (χ1) is 9.72. The van der Waals surface area contributed by atoms with Gasteiger partial charge in [-0.1, -0.05) is 36.4 Å². The highest BCUT2D eigenvalue weighted by molar-refractivity contribution is 14.1. The van der Waals surface area contributed by atoms with Gasteiger partial charge < -0.3 is 0 Å². The molecule has 0 aliphatic carbocycles. The van der Waals surface area contributed by atoms with Gasteiger partial charge >= 0.3 is 0 Å². The van der Waals surface area contributed by atoms with E-state index in [1.807, 2.05) is 60.7 Å². The maximum Gasteiger partial charge on any atom is 0.168 e. The Balaban J connectivity index is 1.87. The monoisotopic (exact) mass is 373 g/mol. The number of carbonyl (C=O) groups excluding carboxylic acids is 1. The van der Waals surface area contributed by atoms with E-state index in [0.29, 0.717) is 6.42 Å². The van der Waals surface area contributed by atoms with Crippen molar-refractivity contribution in [2.45, 2.75) is 6.42 Å². The van der Waals surface area contributed by atoms with E-state index in [1.54, 1.807) is 0 Å². The van der Waals surface area contributed by atoms with E-state index in [9.17, 15) is 4.79 Å². The van der Waals surface area contributed by atoms with Crippen LogP contribution in [0.2, 0.25) is 0 Å². The number of halogens is 1. The number of carbonyl (C=O) groups is 1. The number of nitrogens with zero attached hydrogens (tertiary/aromatic N) is 1. The fourth-order valence-electron chi connectivity index (χ4n) is 2.14. The molecule has 0 radical (unpaired) electrons. The van der Waals surface area contributed by atoms with Gasteiger partial charge in [-0.15, -0.1) is 0 Å². The summed E-state index contributed by atoms with van der Waals surface area (Å²) in [6, 6.07) is 19.5. The molecule has 0 atom stereocenters. The number of hydrogen-bond acceptors (Lipinski definition) is 2. The number of Topliss-reactive ketones (excluding diaryl/α,β-unsaturated/α-hetero) is 1. The first kappa shape index (κ1) is 13.2. The molecule has 0 N–H and O–H groups in total. The predicted octanol–water partition coefficient (Wildman–Crippen LogP) is 4.26. The molecule has 2 aromatic carbocycles. The number of fused-ring (bicyclic) bond motifs is 1. The van der Waals surface area contributed by atoms with Crippen molar-refractivity contribution in [2.75, 3.05) is 0 Å². The van der Waals surface area contributed by atoms with Gasteiger partial charge in [0.2, 0.25) is 0 Å². The lowest BCUT2D eigenvalue weighted by Gasteiger charge is -2.03. The number of ketones is 1. The molecule has 98 valence electrons. The Morgan fingerprint density at radius 2 is 1.85 bits per heavy atom. The van der Waals surface area contributed by atoms with Gasteiger partial charge in [0.05, 0.1) is 11.9 Å². The molecular weight excluding hydrogens is 361 g/mol. The van der Waals surface area contributed by atoms with Gasteiger partial charge in [0.15, 0.2) is 5.78 Å². The number of rotatable bonds is 3. The Morgan fingerprint density at radius 3 is 2.70 bits per heavy atom. The minimum Gasteiger partial charge on any atom is -0.294 e. The first-order valence-electron chi connectivity index (χ1n) is 6.36. The maximum atomic E-state index is 12.3. The van der Waals surface area contributed by atoms with Gasteiger partial charge in [-0.05, 0) is 46.9 Å². The molecule has 0 spiro atoms. The van der Waals surface area contributed by atoms with E-state index in [4.69, 9.17) is 0 Å². The second-order valence-corrected chi connectivity index (χ2v) is 5.85. The van der Waals surface area contributed by atoms with Gasteiger partial charge in [-0.25, -0.2) is 0 Å².